The number of carbonyl (C=O) groups excluding carboxylic acids is 1. The second-order valence-corrected chi connectivity index (χ2v) is 4.94. The number of rotatable bonds is 3. The summed E-state index contributed by atoms with van der Waals surface area (Å²) >= 11 is 0. The molecule has 3 aromatic rings. The smallest absolute Gasteiger partial charge is 0.228 e. The van der Waals surface area contributed by atoms with Gasteiger partial charge < -0.3 is 9.73 Å². The summed E-state index contributed by atoms with van der Waals surface area (Å²) in [6.45, 7) is 1.93. The van der Waals surface area contributed by atoms with E-state index in [1.54, 1.807) is 6.07 Å². The Kier molecular flexibility index (Phi) is 3.44. The fraction of sp³-hybridized carbons (Fsp3) is 0.118. The Morgan fingerprint density at radius 3 is 2.86 bits per heavy atom. The van der Waals surface area contributed by atoms with Crippen LogP contribution in [0.3, 0.4) is 0 Å². The van der Waals surface area contributed by atoms with Gasteiger partial charge in [0.25, 0.3) is 0 Å². The summed E-state index contributed by atoms with van der Waals surface area (Å²) in [5.41, 5.74) is 3.03. The number of halogens is 1. The Morgan fingerprint density at radius 2 is 2.05 bits per heavy atom. The number of anilines is 1. The predicted molar refractivity (Wildman–Crippen MR) is 79.7 cm³/mol. The van der Waals surface area contributed by atoms with Crippen LogP contribution < -0.4 is 5.32 Å². The third-order valence-corrected chi connectivity index (χ3v) is 3.39. The van der Waals surface area contributed by atoms with Crippen LogP contribution >= 0.6 is 0 Å². The molecule has 1 N–H and O–H groups in total. The fourth-order valence-corrected chi connectivity index (χ4v) is 2.27. The molecule has 3 nitrogen and oxygen atoms in total. The molecule has 0 radical (unpaired) electrons. The van der Waals surface area contributed by atoms with Gasteiger partial charge in [0.05, 0.1) is 12.7 Å². The average Bonchev–Trinajstić information content (AvgIpc) is 2.84. The monoisotopic (exact) mass is 283 g/mol. The Labute approximate surface area is 121 Å². The van der Waals surface area contributed by atoms with Crippen LogP contribution in [0.25, 0.3) is 11.0 Å². The maximum absolute atomic E-state index is 13.3. The lowest BCUT2D eigenvalue weighted by atomic mass is 10.1. The Balaban J connectivity index is 1.80. The summed E-state index contributed by atoms with van der Waals surface area (Å²) in [5.74, 6) is -0.499. The topological polar surface area (TPSA) is 42.2 Å². The molecule has 0 bridgehead atoms. The minimum absolute atomic E-state index is 0.144. The van der Waals surface area contributed by atoms with Crippen molar-refractivity contribution in [2.45, 2.75) is 13.3 Å². The lowest BCUT2D eigenvalue weighted by Gasteiger charge is -2.07. The molecule has 2 aromatic carbocycles. The lowest BCUT2D eigenvalue weighted by molar-refractivity contribution is -0.115. The minimum Gasteiger partial charge on any atom is -0.464 e. The summed E-state index contributed by atoms with van der Waals surface area (Å²) in [6.07, 6.45) is 1.65. The number of hydrogen-bond donors (Lipinski definition) is 1. The molecular formula is C17H14FNO2. The first kappa shape index (κ1) is 13.4. The molecule has 1 aromatic heterocycles. The zero-order chi connectivity index (χ0) is 14.8. The van der Waals surface area contributed by atoms with Crippen molar-refractivity contribution in [3.8, 4) is 0 Å². The molecule has 0 aliphatic heterocycles. The second-order valence-electron chi connectivity index (χ2n) is 4.94. The third kappa shape index (κ3) is 2.79. The number of furan rings is 1. The van der Waals surface area contributed by atoms with Crippen molar-refractivity contribution in [2.75, 3.05) is 5.32 Å². The summed E-state index contributed by atoms with van der Waals surface area (Å²) in [7, 11) is 0. The van der Waals surface area contributed by atoms with Crippen LogP contribution in [0.2, 0.25) is 0 Å². The average molecular weight is 283 g/mol. The van der Waals surface area contributed by atoms with Crippen LogP contribution in [0.1, 0.15) is 11.1 Å². The first-order valence-corrected chi connectivity index (χ1v) is 6.64. The molecule has 1 amide bonds. The van der Waals surface area contributed by atoms with Gasteiger partial charge in [0.1, 0.15) is 11.4 Å². The van der Waals surface area contributed by atoms with E-state index in [1.807, 2.05) is 31.2 Å². The Bertz CT molecular complexity index is 807. The molecule has 0 aliphatic carbocycles. The van der Waals surface area contributed by atoms with E-state index in [-0.39, 0.29) is 18.1 Å². The van der Waals surface area contributed by atoms with Gasteiger partial charge in [-0.15, -0.1) is 0 Å². The van der Waals surface area contributed by atoms with Gasteiger partial charge in [0.15, 0.2) is 0 Å². The molecule has 106 valence electrons. The number of amides is 1. The molecule has 0 saturated heterocycles. The zero-order valence-electron chi connectivity index (χ0n) is 11.5. The number of carbonyl (C=O) groups is 1. The van der Waals surface area contributed by atoms with Crippen LogP contribution in [-0.2, 0) is 11.2 Å². The number of para-hydroxylation sites is 1. The maximum atomic E-state index is 13.3. The summed E-state index contributed by atoms with van der Waals surface area (Å²) in [5, 5.41) is 3.49. The van der Waals surface area contributed by atoms with E-state index in [4.69, 9.17) is 4.42 Å². The molecule has 4 heteroatoms. The van der Waals surface area contributed by atoms with Crippen molar-refractivity contribution in [1.29, 1.82) is 0 Å². The van der Waals surface area contributed by atoms with Gasteiger partial charge in [-0.25, -0.2) is 4.39 Å². The van der Waals surface area contributed by atoms with Crippen LogP contribution in [0.15, 0.2) is 53.1 Å². The van der Waals surface area contributed by atoms with Crippen molar-refractivity contribution in [3.05, 3.63) is 65.7 Å². The van der Waals surface area contributed by atoms with Crippen LogP contribution in [0, 0.1) is 12.7 Å². The summed E-state index contributed by atoms with van der Waals surface area (Å²) in [6, 6.07) is 11.8. The predicted octanol–water partition coefficient (Wildman–Crippen LogP) is 4.06. The molecule has 0 saturated carbocycles. The fourth-order valence-electron chi connectivity index (χ4n) is 2.27. The normalized spacial score (nSPS) is 10.8. The maximum Gasteiger partial charge on any atom is 0.228 e. The van der Waals surface area contributed by atoms with E-state index < -0.39 is 0 Å². The third-order valence-electron chi connectivity index (χ3n) is 3.39. The Morgan fingerprint density at radius 1 is 1.24 bits per heavy atom. The number of benzene rings is 2. The first-order valence-electron chi connectivity index (χ1n) is 6.64. The summed E-state index contributed by atoms with van der Waals surface area (Å²) < 4.78 is 18.6. The molecule has 0 spiro atoms. The van der Waals surface area contributed by atoms with E-state index in [0.29, 0.717) is 16.5 Å². The van der Waals surface area contributed by atoms with Crippen molar-refractivity contribution >= 4 is 22.6 Å². The van der Waals surface area contributed by atoms with Crippen molar-refractivity contribution in [3.63, 3.8) is 0 Å². The standard InChI is InChI=1S/C17H14FNO2/c1-11-4-2-3-5-15(11)19-17(20)8-12-10-21-16-7-6-13(18)9-14(12)16/h2-7,9-10H,8H2,1H3,(H,19,20). The van der Waals surface area contributed by atoms with Gasteiger partial charge in [-0.3, -0.25) is 4.79 Å². The molecule has 0 aliphatic rings. The van der Waals surface area contributed by atoms with Gasteiger partial charge in [-0.05, 0) is 36.8 Å². The molecule has 1 heterocycles. The number of hydrogen-bond acceptors (Lipinski definition) is 2. The number of fused-ring (bicyclic) bond motifs is 1. The molecule has 0 fully saturated rings. The van der Waals surface area contributed by atoms with Gasteiger partial charge in [0.2, 0.25) is 5.91 Å². The SMILES string of the molecule is Cc1ccccc1NC(=O)Cc1coc2ccc(F)cc12. The van der Waals surface area contributed by atoms with E-state index in [9.17, 15) is 9.18 Å². The van der Waals surface area contributed by atoms with Gasteiger partial charge in [0, 0.05) is 16.6 Å². The van der Waals surface area contributed by atoms with Gasteiger partial charge in [-0.1, -0.05) is 18.2 Å². The van der Waals surface area contributed by atoms with Crippen LogP contribution in [-0.4, -0.2) is 5.91 Å². The molecule has 0 atom stereocenters. The van der Waals surface area contributed by atoms with Crippen molar-refractivity contribution in [1.82, 2.24) is 0 Å². The van der Waals surface area contributed by atoms with Crippen molar-refractivity contribution in [2.24, 2.45) is 0 Å². The van der Waals surface area contributed by atoms with Crippen LogP contribution in [0.4, 0.5) is 10.1 Å². The van der Waals surface area contributed by atoms with E-state index in [2.05, 4.69) is 5.32 Å². The van der Waals surface area contributed by atoms with E-state index >= 15 is 0 Å². The first-order chi connectivity index (χ1) is 10.1. The van der Waals surface area contributed by atoms with Crippen LogP contribution in [0.5, 0.6) is 0 Å². The number of aryl methyl sites for hydroxylation is 1. The lowest BCUT2D eigenvalue weighted by Crippen LogP contribution is -2.14. The zero-order valence-corrected chi connectivity index (χ0v) is 11.5. The molecule has 0 unspecified atom stereocenters. The highest BCUT2D eigenvalue weighted by molar-refractivity contribution is 5.95. The Hall–Kier alpha value is -2.62. The quantitative estimate of drug-likeness (QED) is 0.787. The van der Waals surface area contributed by atoms with Crippen molar-refractivity contribution < 1.29 is 13.6 Å². The molecule has 21 heavy (non-hydrogen) atoms. The molecule has 3 rings (SSSR count). The molecular weight excluding hydrogens is 269 g/mol. The second kappa shape index (κ2) is 5.40. The van der Waals surface area contributed by atoms with E-state index in [0.717, 1.165) is 11.3 Å². The number of nitrogens with one attached hydrogen (secondary N) is 1. The van der Waals surface area contributed by atoms with Gasteiger partial charge >= 0.3 is 0 Å². The highest BCUT2D eigenvalue weighted by Gasteiger charge is 2.12. The van der Waals surface area contributed by atoms with E-state index in [1.165, 1.54) is 18.4 Å². The highest BCUT2D eigenvalue weighted by Crippen LogP contribution is 2.23. The highest BCUT2D eigenvalue weighted by atomic mass is 19.1. The largest absolute Gasteiger partial charge is 0.464 e. The van der Waals surface area contributed by atoms with Gasteiger partial charge in [-0.2, -0.15) is 0 Å². The minimum atomic E-state index is -0.343. The summed E-state index contributed by atoms with van der Waals surface area (Å²) in [4.78, 5) is 12.1.